The summed E-state index contributed by atoms with van der Waals surface area (Å²) in [5.74, 6) is 0.723. The molecule has 10 heavy (non-hydrogen) atoms. The Kier molecular flexibility index (Phi) is 6.19. The van der Waals surface area contributed by atoms with Crippen LogP contribution in [0, 0.1) is 5.92 Å². The molecule has 1 heteroatoms. The van der Waals surface area contributed by atoms with Gasteiger partial charge in [0, 0.05) is 0 Å². The second-order valence-corrected chi connectivity index (χ2v) is 2.56. The molecule has 1 unspecified atom stereocenters. The van der Waals surface area contributed by atoms with Gasteiger partial charge in [0.1, 0.15) is 0 Å². The summed E-state index contributed by atoms with van der Waals surface area (Å²) in [4.78, 5) is 0. The summed E-state index contributed by atoms with van der Waals surface area (Å²) in [6.07, 6.45) is 7.08. The van der Waals surface area contributed by atoms with Gasteiger partial charge in [-0.2, -0.15) is 0 Å². The Hall–Kier alpha value is -0.560. The van der Waals surface area contributed by atoms with E-state index in [0.29, 0.717) is 0 Å². The molecule has 0 aromatic rings. The molecule has 0 fully saturated rings. The fraction of sp³-hybridized carbons (Fsp3) is 0.556. The number of allylic oxidation sites excluding steroid dienone is 3. The van der Waals surface area contributed by atoms with Crippen LogP contribution in [-0.4, -0.2) is 13.6 Å². The van der Waals surface area contributed by atoms with Crippen molar-refractivity contribution in [3.63, 3.8) is 0 Å². The van der Waals surface area contributed by atoms with Gasteiger partial charge in [0.25, 0.3) is 0 Å². The van der Waals surface area contributed by atoms with Crippen molar-refractivity contribution >= 4 is 0 Å². The lowest BCUT2D eigenvalue weighted by Gasteiger charge is -2.05. The monoisotopic (exact) mass is 139 g/mol. The van der Waals surface area contributed by atoms with Gasteiger partial charge in [0.15, 0.2) is 0 Å². The van der Waals surface area contributed by atoms with Gasteiger partial charge >= 0.3 is 0 Å². The van der Waals surface area contributed by atoms with Crippen LogP contribution in [-0.2, 0) is 0 Å². The normalized spacial score (nSPS) is 13.8. The number of nitrogens with one attached hydrogen (secondary N) is 1. The Balaban J connectivity index is 3.28. The molecule has 0 amide bonds. The van der Waals surface area contributed by atoms with Crippen LogP contribution >= 0.6 is 0 Å². The van der Waals surface area contributed by atoms with Gasteiger partial charge in [-0.25, -0.2) is 0 Å². The highest BCUT2D eigenvalue weighted by Crippen LogP contribution is 1.99. The zero-order chi connectivity index (χ0) is 7.82. The Bertz CT molecular complexity index is 105. The Labute approximate surface area is 63.8 Å². The van der Waals surface area contributed by atoms with E-state index in [1.807, 2.05) is 19.2 Å². The second-order valence-electron chi connectivity index (χ2n) is 2.56. The molecule has 0 saturated carbocycles. The maximum absolute atomic E-state index is 3.60. The summed E-state index contributed by atoms with van der Waals surface area (Å²) < 4.78 is 0. The van der Waals surface area contributed by atoms with Crippen molar-refractivity contribution in [3.05, 3.63) is 24.8 Å². The van der Waals surface area contributed by atoms with Crippen LogP contribution in [0.5, 0.6) is 0 Å². The van der Waals surface area contributed by atoms with Crippen LogP contribution in [0.25, 0.3) is 0 Å². The van der Waals surface area contributed by atoms with Gasteiger partial charge < -0.3 is 5.32 Å². The average Bonchev–Trinajstić information content (AvgIpc) is 1.89. The third-order valence-corrected chi connectivity index (χ3v) is 1.36. The molecular formula is C9H17N. The van der Waals surface area contributed by atoms with E-state index in [1.165, 1.54) is 0 Å². The Morgan fingerprint density at radius 1 is 1.60 bits per heavy atom. The van der Waals surface area contributed by atoms with Crippen molar-refractivity contribution in [2.75, 3.05) is 13.6 Å². The van der Waals surface area contributed by atoms with E-state index in [4.69, 9.17) is 0 Å². The summed E-state index contributed by atoms with van der Waals surface area (Å²) in [7, 11) is 1.98. The molecule has 0 aromatic carbocycles. The molecule has 0 heterocycles. The highest BCUT2D eigenvalue weighted by atomic mass is 14.8. The van der Waals surface area contributed by atoms with E-state index in [1.54, 1.807) is 0 Å². The van der Waals surface area contributed by atoms with E-state index in [0.717, 1.165) is 18.9 Å². The largest absolute Gasteiger partial charge is 0.319 e. The number of hydrogen-bond acceptors (Lipinski definition) is 1. The van der Waals surface area contributed by atoms with Crippen LogP contribution in [0.15, 0.2) is 24.8 Å². The Morgan fingerprint density at radius 2 is 2.30 bits per heavy atom. The third-order valence-electron chi connectivity index (χ3n) is 1.36. The van der Waals surface area contributed by atoms with E-state index in [9.17, 15) is 0 Å². The first-order chi connectivity index (χ1) is 4.81. The molecule has 0 bridgehead atoms. The summed E-state index contributed by atoms with van der Waals surface area (Å²) in [5.41, 5.74) is 0. The minimum atomic E-state index is 0.723. The van der Waals surface area contributed by atoms with E-state index in [-0.39, 0.29) is 0 Å². The van der Waals surface area contributed by atoms with Crippen molar-refractivity contribution in [2.45, 2.75) is 13.3 Å². The van der Waals surface area contributed by atoms with E-state index in [2.05, 4.69) is 24.9 Å². The molecule has 0 rings (SSSR count). The molecule has 0 aliphatic rings. The quantitative estimate of drug-likeness (QED) is 0.574. The molecule has 0 aromatic heterocycles. The molecule has 0 spiro atoms. The fourth-order valence-corrected chi connectivity index (χ4v) is 0.839. The minimum absolute atomic E-state index is 0.723. The lowest BCUT2D eigenvalue weighted by Crippen LogP contribution is -2.15. The van der Waals surface area contributed by atoms with Crippen molar-refractivity contribution in [2.24, 2.45) is 5.92 Å². The summed E-state index contributed by atoms with van der Waals surface area (Å²) in [5, 5.41) is 3.13. The van der Waals surface area contributed by atoms with Gasteiger partial charge in [-0.15, -0.1) is 0 Å². The molecule has 0 aliphatic carbocycles. The molecule has 58 valence electrons. The number of rotatable bonds is 5. The SMILES string of the molecule is C=CC=CCC(C)CNC. The van der Waals surface area contributed by atoms with Gasteiger partial charge in [0.05, 0.1) is 0 Å². The molecule has 0 aliphatic heterocycles. The topological polar surface area (TPSA) is 12.0 Å². The molecular weight excluding hydrogens is 122 g/mol. The van der Waals surface area contributed by atoms with Crippen LogP contribution in [0.2, 0.25) is 0 Å². The van der Waals surface area contributed by atoms with Gasteiger partial charge in [-0.3, -0.25) is 0 Å². The zero-order valence-corrected chi connectivity index (χ0v) is 6.93. The van der Waals surface area contributed by atoms with Gasteiger partial charge in [0.2, 0.25) is 0 Å². The van der Waals surface area contributed by atoms with Crippen molar-refractivity contribution in [3.8, 4) is 0 Å². The predicted molar refractivity (Wildman–Crippen MR) is 47.0 cm³/mol. The fourth-order valence-electron chi connectivity index (χ4n) is 0.839. The molecule has 1 N–H and O–H groups in total. The zero-order valence-electron chi connectivity index (χ0n) is 6.93. The smallest absolute Gasteiger partial charge is 0.00232 e. The van der Waals surface area contributed by atoms with Crippen LogP contribution in [0.3, 0.4) is 0 Å². The molecule has 0 saturated heterocycles. The van der Waals surface area contributed by atoms with Crippen molar-refractivity contribution in [1.82, 2.24) is 5.32 Å². The van der Waals surface area contributed by atoms with Crippen molar-refractivity contribution < 1.29 is 0 Å². The highest BCUT2D eigenvalue weighted by molar-refractivity contribution is 4.97. The lowest BCUT2D eigenvalue weighted by atomic mass is 10.1. The molecule has 1 atom stereocenters. The van der Waals surface area contributed by atoms with E-state index >= 15 is 0 Å². The van der Waals surface area contributed by atoms with E-state index < -0.39 is 0 Å². The standard InChI is InChI=1S/C9H17N/c1-4-5-6-7-9(2)8-10-3/h4-6,9-10H,1,7-8H2,2-3H3. The minimum Gasteiger partial charge on any atom is -0.319 e. The van der Waals surface area contributed by atoms with Crippen molar-refractivity contribution in [1.29, 1.82) is 0 Å². The second kappa shape index (κ2) is 6.56. The first-order valence-corrected chi connectivity index (χ1v) is 3.73. The number of hydrogen-bond donors (Lipinski definition) is 1. The van der Waals surface area contributed by atoms with Gasteiger partial charge in [-0.1, -0.05) is 31.7 Å². The third kappa shape index (κ3) is 5.57. The summed E-state index contributed by atoms with van der Waals surface area (Å²) in [6.45, 7) is 6.91. The maximum Gasteiger partial charge on any atom is -0.00232 e. The summed E-state index contributed by atoms with van der Waals surface area (Å²) >= 11 is 0. The maximum atomic E-state index is 3.60. The average molecular weight is 139 g/mol. The van der Waals surface area contributed by atoms with Crippen LogP contribution in [0.1, 0.15) is 13.3 Å². The van der Waals surface area contributed by atoms with Gasteiger partial charge in [-0.05, 0) is 25.9 Å². The van der Waals surface area contributed by atoms with Crippen LogP contribution < -0.4 is 5.32 Å². The van der Waals surface area contributed by atoms with Crippen LogP contribution in [0.4, 0.5) is 0 Å². The first kappa shape index (κ1) is 9.44. The Morgan fingerprint density at radius 3 is 2.80 bits per heavy atom. The first-order valence-electron chi connectivity index (χ1n) is 3.73. The molecule has 1 nitrogen and oxygen atoms in total. The summed E-state index contributed by atoms with van der Waals surface area (Å²) in [6, 6.07) is 0. The lowest BCUT2D eigenvalue weighted by molar-refractivity contribution is 0.551. The highest BCUT2D eigenvalue weighted by Gasteiger charge is 1.94. The molecule has 0 radical (unpaired) electrons. The predicted octanol–water partition coefficient (Wildman–Crippen LogP) is 1.97.